The Hall–Kier alpha value is -1.50. The van der Waals surface area contributed by atoms with E-state index in [4.69, 9.17) is 0 Å². The van der Waals surface area contributed by atoms with Gasteiger partial charge in [-0.1, -0.05) is 232 Å². The molecule has 0 aromatic carbocycles. The van der Waals surface area contributed by atoms with Crippen LogP contribution in [0.3, 0.4) is 0 Å². The Balaban J connectivity index is 0.875. The fourth-order valence-corrected chi connectivity index (χ4v) is 15.0. The summed E-state index contributed by atoms with van der Waals surface area (Å²) in [5.41, 5.74) is 0. The summed E-state index contributed by atoms with van der Waals surface area (Å²) in [6, 6.07) is 23.6. The number of thiophene rings is 5. The van der Waals surface area contributed by atoms with E-state index >= 15 is 0 Å². The van der Waals surface area contributed by atoms with E-state index in [0.717, 1.165) is 0 Å². The van der Waals surface area contributed by atoms with Gasteiger partial charge in [0, 0.05) is 48.8 Å². The second-order valence-corrected chi connectivity index (χ2v) is 25.1. The lowest BCUT2D eigenvalue weighted by Gasteiger charge is -2.04. The van der Waals surface area contributed by atoms with E-state index in [1.807, 2.05) is 56.7 Å². The van der Waals surface area contributed by atoms with Crippen molar-refractivity contribution in [1.29, 1.82) is 0 Å². The summed E-state index contributed by atoms with van der Waals surface area (Å²) >= 11 is 9.91. The van der Waals surface area contributed by atoms with Crippen molar-refractivity contribution in [3.05, 3.63) is 70.4 Å². The maximum atomic E-state index is 2.39. The van der Waals surface area contributed by atoms with Crippen LogP contribution in [0.15, 0.2) is 60.7 Å². The van der Waals surface area contributed by atoms with Gasteiger partial charge < -0.3 is 0 Å². The van der Waals surface area contributed by atoms with Crippen LogP contribution in [-0.4, -0.2) is 0 Å². The maximum Gasteiger partial charge on any atom is 0.0449 e. The van der Waals surface area contributed by atoms with Crippen LogP contribution in [0, 0.1) is 0 Å². The highest BCUT2D eigenvalue weighted by atomic mass is 32.1. The molecule has 0 bridgehead atoms. The first-order valence-electron chi connectivity index (χ1n) is 27.7. The summed E-state index contributed by atoms with van der Waals surface area (Å²) in [7, 11) is 0. The van der Waals surface area contributed by atoms with Crippen LogP contribution in [0.4, 0.5) is 0 Å². The van der Waals surface area contributed by atoms with Gasteiger partial charge in [-0.15, -0.1) is 56.7 Å². The third-order valence-corrected chi connectivity index (χ3v) is 20.0. The Morgan fingerprint density at radius 3 is 0.585 bits per heavy atom. The van der Waals surface area contributed by atoms with Crippen molar-refractivity contribution < 1.29 is 0 Å². The monoisotopic (exact) mass is 973 g/mol. The zero-order chi connectivity index (χ0) is 45.3. The van der Waals surface area contributed by atoms with Crippen molar-refractivity contribution in [1.82, 2.24) is 0 Å². The molecule has 0 aliphatic rings. The van der Waals surface area contributed by atoms with E-state index in [1.54, 1.807) is 9.75 Å². The van der Waals surface area contributed by atoms with Gasteiger partial charge in [-0.25, -0.2) is 0 Å². The zero-order valence-electron chi connectivity index (χ0n) is 41.7. The van der Waals surface area contributed by atoms with Crippen molar-refractivity contribution in [2.24, 2.45) is 0 Å². The molecular weight excluding hydrogens is 881 g/mol. The van der Waals surface area contributed by atoms with E-state index in [1.165, 1.54) is 283 Å². The molecule has 0 aliphatic carbocycles. The molecule has 0 saturated heterocycles. The van der Waals surface area contributed by atoms with Crippen LogP contribution in [0.2, 0.25) is 0 Å². The average molecular weight is 974 g/mol. The Bertz CT molecular complexity index is 1710. The SMILES string of the molecule is CCCCCCCCCCCCCCCCCCCCc1ccc(-c2ccc(-c3ccc(-c4ccc(-c5ccc(CCCCCCCCCCCCCCCCCCCC)s5)s4)s3)s2)s1. The molecule has 5 heterocycles. The lowest BCUT2D eigenvalue weighted by molar-refractivity contribution is 0.525. The predicted molar refractivity (Wildman–Crippen MR) is 303 cm³/mol. The third-order valence-electron chi connectivity index (χ3n) is 13.7. The molecular formula is C60H92S5. The van der Waals surface area contributed by atoms with Crippen molar-refractivity contribution >= 4 is 56.7 Å². The van der Waals surface area contributed by atoms with Crippen molar-refractivity contribution in [2.75, 3.05) is 0 Å². The van der Waals surface area contributed by atoms with Gasteiger partial charge in [0.1, 0.15) is 0 Å². The quantitative estimate of drug-likeness (QED) is 0.0342. The highest BCUT2D eigenvalue weighted by Gasteiger charge is 2.13. The minimum absolute atomic E-state index is 1.24. The topological polar surface area (TPSA) is 0 Å². The van der Waals surface area contributed by atoms with Crippen LogP contribution in [0.5, 0.6) is 0 Å². The summed E-state index contributed by atoms with van der Waals surface area (Å²) in [6.45, 7) is 4.62. The number of hydrogen-bond donors (Lipinski definition) is 0. The minimum Gasteiger partial charge on any atom is -0.139 e. The average Bonchev–Trinajstić information content (AvgIpc) is 4.18. The number of unbranched alkanes of at least 4 members (excludes halogenated alkanes) is 34. The van der Waals surface area contributed by atoms with Gasteiger partial charge in [0.05, 0.1) is 0 Å². The molecule has 0 radical (unpaired) electrons. The molecule has 5 heteroatoms. The molecule has 0 N–H and O–H groups in total. The van der Waals surface area contributed by atoms with Crippen LogP contribution in [0.25, 0.3) is 39.0 Å². The summed E-state index contributed by atoms with van der Waals surface area (Å²) in [5, 5.41) is 0. The molecule has 0 fully saturated rings. The number of aryl methyl sites for hydroxylation is 2. The predicted octanol–water partition coefficient (Wildman–Crippen LogP) is 23.8. The Morgan fingerprint density at radius 1 is 0.200 bits per heavy atom. The fourth-order valence-electron chi connectivity index (χ4n) is 9.50. The Labute approximate surface area is 420 Å². The lowest BCUT2D eigenvalue weighted by atomic mass is 10.0. The molecule has 65 heavy (non-hydrogen) atoms. The largest absolute Gasteiger partial charge is 0.139 e. The molecule has 0 aliphatic heterocycles. The molecule has 0 spiro atoms. The fraction of sp³-hybridized carbons (Fsp3) is 0.667. The second-order valence-electron chi connectivity index (χ2n) is 19.5. The van der Waals surface area contributed by atoms with Crippen molar-refractivity contribution in [3.63, 3.8) is 0 Å². The highest BCUT2D eigenvalue weighted by molar-refractivity contribution is 7.29. The number of rotatable bonds is 42. The minimum atomic E-state index is 1.24. The first kappa shape index (κ1) is 54.4. The molecule has 5 aromatic rings. The summed E-state index contributed by atoms with van der Waals surface area (Å²) in [4.78, 5) is 14.4. The van der Waals surface area contributed by atoms with Gasteiger partial charge in [-0.2, -0.15) is 0 Å². The van der Waals surface area contributed by atoms with Crippen LogP contribution in [0.1, 0.15) is 255 Å². The highest BCUT2D eigenvalue weighted by Crippen LogP contribution is 2.45. The van der Waals surface area contributed by atoms with Crippen LogP contribution >= 0.6 is 56.7 Å². The van der Waals surface area contributed by atoms with Crippen molar-refractivity contribution in [3.8, 4) is 39.0 Å². The van der Waals surface area contributed by atoms with Gasteiger partial charge in [-0.05, 0) is 86.3 Å². The molecule has 0 nitrogen and oxygen atoms in total. The molecule has 5 rings (SSSR count). The standard InChI is InChI=1S/C60H92S5/c1-3-5-7-9-11-13-15-17-19-21-23-25-27-29-31-33-35-37-39-51-41-43-53(61-51)55-45-47-57(63-55)59-49-50-60(65-59)58-48-46-56(64-58)54-44-42-52(62-54)40-38-36-34-32-30-28-26-24-22-20-18-16-14-12-10-8-6-4-2/h41-50H,3-40H2,1-2H3. The Morgan fingerprint density at radius 2 is 0.369 bits per heavy atom. The first-order chi connectivity index (χ1) is 32.2. The lowest BCUT2D eigenvalue weighted by Crippen LogP contribution is -1.85. The molecule has 0 unspecified atom stereocenters. The summed E-state index contributed by atoms with van der Waals surface area (Å²) in [6.07, 6.45) is 54.3. The summed E-state index contributed by atoms with van der Waals surface area (Å²) < 4.78 is 0. The molecule has 0 saturated carbocycles. The molecule has 0 atom stereocenters. The second kappa shape index (κ2) is 35.6. The van der Waals surface area contributed by atoms with Crippen LogP contribution in [-0.2, 0) is 12.8 Å². The van der Waals surface area contributed by atoms with E-state index in [-0.39, 0.29) is 0 Å². The smallest absolute Gasteiger partial charge is 0.0449 e. The van der Waals surface area contributed by atoms with Gasteiger partial charge in [0.25, 0.3) is 0 Å². The van der Waals surface area contributed by atoms with Gasteiger partial charge in [0.2, 0.25) is 0 Å². The van der Waals surface area contributed by atoms with Gasteiger partial charge in [-0.3, -0.25) is 0 Å². The Kier molecular flexibility index (Phi) is 29.8. The van der Waals surface area contributed by atoms with E-state index < -0.39 is 0 Å². The number of hydrogen-bond acceptors (Lipinski definition) is 5. The first-order valence-corrected chi connectivity index (χ1v) is 31.8. The normalized spacial score (nSPS) is 11.7. The van der Waals surface area contributed by atoms with Crippen molar-refractivity contribution in [2.45, 2.75) is 258 Å². The van der Waals surface area contributed by atoms with E-state index in [0.29, 0.717) is 0 Å². The van der Waals surface area contributed by atoms with Gasteiger partial charge >= 0.3 is 0 Å². The molecule has 0 amide bonds. The maximum absolute atomic E-state index is 2.39. The van der Waals surface area contributed by atoms with E-state index in [2.05, 4.69) is 74.5 Å². The van der Waals surface area contributed by atoms with E-state index in [9.17, 15) is 0 Å². The zero-order valence-corrected chi connectivity index (χ0v) is 45.8. The third kappa shape index (κ3) is 23.1. The van der Waals surface area contributed by atoms with Gasteiger partial charge in [0.15, 0.2) is 0 Å². The molecule has 362 valence electrons. The summed E-state index contributed by atoms with van der Waals surface area (Å²) in [5.74, 6) is 0. The molecule has 5 aromatic heterocycles. The van der Waals surface area contributed by atoms with Crippen LogP contribution < -0.4 is 0 Å².